The van der Waals surface area contributed by atoms with E-state index in [1.54, 1.807) is 13.1 Å². The number of aromatic nitrogens is 3. The highest BCUT2D eigenvalue weighted by molar-refractivity contribution is 7.91. The molecule has 0 fully saturated rings. The smallest absolute Gasteiger partial charge is 0.184 e. The summed E-state index contributed by atoms with van der Waals surface area (Å²) in [6, 6.07) is 0. The highest BCUT2D eigenvalue weighted by atomic mass is 32.2. The third-order valence-electron chi connectivity index (χ3n) is 2.69. The molecule has 0 spiro atoms. The first-order valence-electron chi connectivity index (χ1n) is 5.63. The van der Waals surface area contributed by atoms with Crippen LogP contribution in [0.1, 0.15) is 12.7 Å². The van der Waals surface area contributed by atoms with E-state index in [0.29, 0.717) is 11.5 Å². The lowest BCUT2D eigenvalue weighted by Gasteiger charge is -2.07. The lowest BCUT2D eigenvalue weighted by molar-refractivity contribution is 0.598. The fourth-order valence-corrected chi connectivity index (χ4v) is 3.74. The van der Waals surface area contributed by atoms with Crippen LogP contribution in [0.15, 0.2) is 17.3 Å². The molecule has 0 unspecified atom stereocenters. The first-order chi connectivity index (χ1) is 8.95. The van der Waals surface area contributed by atoms with Gasteiger partial charge in [0.2, 0.25) is 0 Å². The number of rotatable bonds is 5. The maximum atomic E-state index is 12.0. The molecule has 9 heteroatoms. The predicted octanol–water partition coefficient (Wildman–Crippen LogP) is 0.864. The van der Waals surface area contributed by atoms with Crippen LogP contribution in [0.4, 0.5) is 10.8 Å². The Labute approximate surface area is 115 Å². The Morgan fingerprint density at radius 1 is 1.53 bits per heavy atom. The Morgan fingerprint density at radius 3 is 2.84 bits per heavy atom. The van der Waals surface area contributed by atoms with Crippen molar-refractivity contribution in [2.45, 2.75) is 18.4 Å². The largest absolute Gasteiger partial charge is 0.382 e. The molecular weight excluding hydrogens is 286 g/mol. The molecule has 0 atom stereocenters. The molecule has 2 heterocycles. The van der Waals surface area contributed by atoms with Crippen molar-refractivity contribution in [1.82, 2.24) is 13.9 Å². The van der Waals surface area contributed by atoms with Gasteiger partial charge in [0.25, 0.3) is 0 Å². The first-order valence-corrected chi connectivity index (χ1v) is 8.06. The van der Waals surface area contributed by atoms with Gasteiger partial charge in [0, 0.05) is 19.4 Å². The Balaban J connectivity index is 2.25. The van der Waals surface area contributed by atoms with Gasteiger partial charge in [-0.05, 0) is 11.5 Å². The van der Waals surface area contributed by atoms with Crippen LogP contribution in [-0.4, -0.2) is 28.1 Å². The summed E-state index contributed by atoms with van der Waals surface area (Å²) in [6.07, 6.45) is 3.50. The van der Waals surface area contributed by atoms with Crippen LogP contribution >= 0.6 is 11.5 Å². The van der Waals surface area contributed by atoms with Gasteiger partial charge in [-0.25, -0.2) is 13.4 Å². The third-order valence-corrected chi connectivity index (χ3v) is 5.44. The third kappa shape index (κ3) is 2.71. The molecule has 0 aliphatic carbocycles. The highest BCUT2D eigenvalue weighted by Crippen LogP contribution is 2.32. The van der Waals surface area contributed by atoms with E-state index in [4.69, 9.17) is 5.73 Å². The summed E-state index contributed by atoms with van der Waals surface area (Å²) in [6.45, 7) is 1.99. The number of nitrogens with two attached hydrogens (primary N) is 1. The van der Waals surface area contributed by atoms with Gasteiger partial charge in [0.05, 0.1) is 12.3 Å². The number of imidazole rings is 1. The number of hydrogen-bond donors (Lipinski definition) is 2. The molecule has 0 amide bonds. The quantitative estimate of drug-likeness (QED) is 0.849. The second kappa shape index (κ2) is 5.17. The zero-order valence-electron chi connectivity index (χ0n) is 10.6. The average Bonchev–Trinajstić information content (AvgIpc) is 2.93. The van der Waals surface area contributed by atoms with E-state index in [9.17, 15) is 8.42 Å². The summed E-state index contributed by atoms with van der Waals surface area (Å²) in [5.41, 5.74) is 5.64. The maximum Gasteiger partial charge on any atom is 0.184 e. The normalized spacial score (nSPS) is 11.7. The molecule has 3 N–H and O–H groups in total. The summed E-state index contributed by atoms with van der Waals surface area (Å²) in [5.74, 6) is 0.841. The lowest BCUT2D eigenvalue weighted by Crippen LogP contribution is -2.10. The number of nitrogens with one attached hydrogen (secondary N) is 1. The molecule has 0 saturated carbocycles. The van der Waals surface area contributed by atoms with E-state index < -0.39 is 9.84 Å². The van der Waals surface area contributed by atoms with Crippen molar-refractivity contribution in [1.29, 1.82) is 0 Å². The number of nitrogen functional groups attached to an aromatic ring is 1. The van der Waals surface area contributed by atoms with Crippen LogP contribution in [0.5, 0.6) is 0 Å². The molecule has 2 aromatic rings. The van der Waals surface area contributed by atoms with Gasteiger partial charge in [-0.1, -0.05) is 6.92 Å². The van der Waals surface area contributed by atoms with Gasteiger partial charge in [0.15, 0.2) is 15.7 Å². The van der Waals surface area contributed by atoms with E-state index >= 15 is 0 Å². The zero-order chi connectivity index (χ0) is 14.0. The second-order valence-corrected chi connectivity index (χ2v) is 6.93. The van der Waals surface area contributed by atoms with Crippen molar-refractivity contribution < 1.29 is 8.42 Å². The molecular formula is C10H15N5O2S2. The topological polar surface area (TPSA) is 103 Å². The van der Waals surface area contributed by atoms with E-state index in [2.05, 4.69) is 14.7 Å². The number of hydrogen-bond acceptors (Lipinski definition) is 7. The first kappa shape index (κ1) is 13.8. The van der Waals surface area contributed by atoms with Crippen LogP contribution in [0, 0.1) is 0 Å². The van der Waals surface area contributed by atoms with E-state index in [-0.39, 0.29) is 16.5 Å². The molecule has 0 aromatic carbocycles. The second-order valence-electron chi connectivity index (χ2n) is 3.94. The molecule has 0 saturated heterocycles. The van der Waals surface area contributed by atoms with E-state index in [0.717, 1.165) is 17.4 Å². The molecule has 2 rings (SSSR count). The molecule has 7 nitrogen and oxygen atoms in total. The van der Waals surface area contributed by atoms with E-state index in [1.165, 1.54) is 0 Å². The minimum absolute atomic E-state index is 0.00724. The van der Waals surface area contributed by atoms with Crippen molar-refractivity contribution >= 4 is 32.2 Å². The van der Waals surface area contributed by atoms with Crippen molar-refractivity contribution in [3.63, 3.8) is 0 Å². The van der Waals surface area contributed by atoms with Crippen molar-refractivity contribution in [3.8, 4) is 0 Å². The summed E-state index contributed by atoms with van der Waals surface area (Å²) in [7, 11) is -1.51. The van der Waals surface area contributed by atoms with Crippen molar-refractivity contribution in [3.05, 3.63) is 18.2 Å². The fourth-order valence-electron chi connectivity index (χ4n) is 1.58. The minimum Gasteiger partial charge on any atom is -0.382 e. The van der Waals surface area contributed by atoms with Gasteiger partial charge in [-0.2, -0.15) is 4.37 Å². The Hall–Kier alpha value is -1.61. The molecule has 0 radical (unpaired) electrons. The van der Waals surface area contributed by atoms with Crippen LogP contribution in [-0.2, 0) is 23.4 Å². The fraction of sp³-hybridized carbons (Fsp3) is 0.400. The van der Waals surface area contributed by atoms with Crippen molar-refractivity contribution in [2.75, 3.05) is 16.8 Å². The summed E-state index contributed by atoms with van der Waals surface area (Å²) in [4.78, 5) is 4.25. The number of anilines is 2. The monoisotopic (exact) mass is 301 g/mol. The highest BCUT2D eigenvalue weighted by Gasteiger charge is 2.23. The van der Waals surface area contributed by atoms with Gasteiger partial charge >= 0.3 is 0 Å². The van der Waals surface area contributed by atoms with E-state index in [1.807, 2.05) is 17.8 Å². The molecule has 2 aromatic heterocycles. The van der Waals surface area contributed by atoms with Gasteiger partial charge in [-0.15, -0.1) is 0 Å². The van der Waals surface area contributed by atoms with Crippen LogP contribution < -0.4 is 11.1 Å². The molecule has 0 aliphatic rings. The van der Waals surface area contributed by atoms with Crippen LogP contribution in [0.2, 0.25) is 0 Å². The summed E-state index contributed by atoms with van der Waals surface area (Å²) in [5, 5.41) is 3.49. The maximum absolute atomic E-state index is 12.0. The predicted molar refractivity (Wildman–Crippen MR) is 74.8 cm³/mol. The Kier molecular flexibility index (Phi) is 3.76. The lowest BCUT2D eigenvalue weighted by atomic mass is 10.5. The van der Waals surface area contributed by atoms with Crippen LogP contribution in [0.25, 0.3) is 0 Å². The Morgan fingerprint density at radius 2 is 2.26 bits per heavy atom. The molecule has 0 aliphatic heterocycles. The van der Waals surface area contributed by atoms with Crippen LogP contribution in [0.3, 0.4) is 0 Å². The number of sulfone groups is 1. The van der Waals surface area contributed by atoms with Gasteiger partial charge < -0.3 is 15.6 Å². The van der Waals surface area contributed by atoms with Gasteiger partial charge in [-0.3, -0.25) is 0 Å². The summed E-state index contributed by atoms with van der Waals surface area (Å²) >= 11 is 1.04. The van der Waals surface area contributed by atoms with Crippen molar-refractivity contribution in [2.24, 2.45) is 7.05 Å². The Bertz CT molecular complexity index is 674. The standard InChI is InChI=1S/C10H15N5O2S2/c1-3-19(16,17)8-9(11)14-18-10(8)13-6-7-12-4-5-15(7)2/h4-5,13H,3,6H2,1-2H3,(H2,11,14). The SMILES string of the molecule is CCS(=O)(=O)c1c(N)nsc1NCc1nccn1C. The minimum atomic E-state index is -3.38. The average molecular weight is 301 g/mol. The molecule has 19 heavy (non-hydrogen) atoms. The molecule has 104 valence electrons. The number of nitrogens with zero attached hydrogens (tertiary/aromatic N) is 3. The summed E-state index contributed by atoms with van der Waals surface area (Å²) < 4.78 is 29.7. The van der Waals surface area contributed by atoms with Gasteiger partial charge in [0.1, 0.15) is 15.7 Å². The number of aryl methyl sites for hydroxylation is 1. The zero-order valence-corrected chi connectivity index (χ0v) is 12.3. The molecule has 0 bridgehead atoms.